The molecule has 2 saturated carbocycles. The summed E-state index contributed by atoms with van der Waals surface area (Å²) in [5.74, 6) is 0.615. The van der Waals surface area contributed by atoms with Crippen LogP contribution in [-0.2, 0) is 4.74 Å². The number of hydrogen-bond donors (Lipinski definition) is 2. The van der Waals surface area contributed by atoms with E-state index in [1.54, 1.807) is 0 Å². The minimum absolute atomic E-state index is 0.0971. The predicted molar refractivity (Wildman–Crippen MR) is 193 cm³/mol. The summed E-state index contributed by atoms with van der Waals surface area (Å²) in [4.78, 5) is 0. The SMILES string of the molecule is CC(/C=C/C=C(C)/C=C/[C@@]12O[C@]1(C)C[C@@H](O)CC2(C)C)=C\C=C\C=C(C)\C=C\C=C(C)\C=C\[C@]1(O)C(C)(C)C[C@H](C)CC1(C)C. The molecule has 248 valence electrons. The molecule has 0 spiro atoms. The van der Waals surface area contributed by atoms with E-state index >= 15 is 0 Å². The summed E-state index contributed by atoms with van der Waals surface area (Å²) >= 11 is 0. The smallest absolute Gasteiger partial charge is 0.121 e. The number of ether oxygens (including phenoxy) is 1. The Bertz CT molecular complexity index is 1330. The summed E-state index contributed by atoms with van der Waals surface area (Å²) in [7, 11) is 0. The van der Waals surface area contributed by atoms with Crippen molar-refractivity contribution in [1.82, 2.24) is 0 Å². The molecule has 3 nitrogen and oxygen atoms in total. The number of epoxide rings is 1. The summed E-state index contributed by atoms with van der Waals surface area (Å²) in [6.45, 7) is 26.0. The molecule has 2 aliphatic carbocycles. The molecular formula is C42H62O3. The number of aliphatic hydroxyl groups excluding tert-OH is 1. The van der Waals surface area contributed by atoms with E-state index in [-0.39, 0.29) is 33.6 Å². The molecule has 0 radical (unpaired) electrons. The van der Waals surface area contributed by atoms with E-state index in [2.05, 4.69) is 162 Å². The van der Waals surface area contributed by atoms with Crippen molar-refractivity contribution in [2.75, 3.05) is 0 Å². The molecule has 0 bridgehead atoms. The standard InChI is InChI=1S/C42H62O3/c1-31(19-15-21-33(3)23-25-41(44)37(6,7)27-35(5)28-38(41,8)9)17-13-14-18-32(2)20-16-22-34(4)24-26-42-39(10,11)29-36(43)30-40(42,12)45-42/h13-26,35-36,43-44H,27-30H2,1-12H3/b14-13+,19-15+,20-16+,25-23+,26-24+,31-17+,32-18+,33-21+,34-22+/t35-,36-,40+,41-,42-/m0/s1. The minimum Gasteiger partial charge on any atom is -0.393 e. The zero-order valence-corrected chi connectivity index (χ0v) is 30.4. The summed E-state index contributed by atoms with van der Waals surface area (Å²) in [5, 5.41) is 22.0. The van der Waals surface area contributed by atoms with Gasteiger partial charge in [0, 0.05) is 11.8 Å². The lowest BCUT2D eigenvalue weighted by molar-refractivity contribution is -0.154. The van der Waals surface area contributed by atoms with Gasteiger partial charge in [0.1, 0.15) is 11.2 Å². The van der Waals surface area contributed by atoms with Crippen molar-refractivity contribution in [2.45, 2.75) is 132 Å². The van der Waals surface area contributed by atoms with Gasteiger partial charge in [-0.25, -0.2) is 0 Å². The van der Waals surface area contributed by atoms with E-state index < -0.39 is 5.60 Å². The van der Waals surface area contributed by atoms with Crippen molar-refractivity contribution in [2.24, 2.45) is 22.2 Å². The van der Waals surface area contributed by atoms with Gasteiger partial charge in [0.2, 0.25) is 0 Å². The molecule has 3 aliphatic rings. The second-order valence-electron chi connectivity index (χ2n) is 16.5. The summed E-state index contributed by atoms with van der Waals surface area (Å²) in [5.41, 5.74) is 2.78. The number of fused-ring (bicyclic) bond motifs is 1. The Morgan fingerprint density at radius 3 is 1.47 bits per heavy atom. The fraction of sp³-hybridized carbons (Fsp3) is 0.571. The fourth-order valence-corrected chi connectivity index (χ4v) is 8.41. The van der Waals surface area contributed by atoms with E-state index in [1.807, 2.05) is 6.08 Å². The van der Waals surface area contributed by atoms with Gasteiger partial charge in [0.05, 0.1) is 11.7 Å². The number of allylic oxidation sites excluding steroid dienone is 16. The van der Waals surface area contributed by atoms with Crippen LogP contribution in [0.5, 0.6) is 0 Å². The third-order valence-corrected chi connectivity index (χ3v) is 10.7. The molecule has 0 aromatic heterocycles. The second-order valence-corrected chi connectivity index (χ2v) is 16.5. The topological polar surface area (TPSA) is 53.0 Å². The van der Waals surface area contributed by atoms with Gasteiger partial charge >= 0.3 is 0 Å². The van der Waals surface area contributed by atoms with Crippen molar-refractivity contribution >= 4 is 0 Å². The molecule has 3 rings (SSSR count). The molecule has 3 heteroatoms. The van der Waals surface area contributed by atoms with Crippen LogP contribution < -0.4 is 0 Å². The first-order valence-corrected chi connectivity index (χ1v) is 16.9. The minimum atomic E-state index is -0.842. The molecule has 0 amide bonds. The first kappa shape index (κ1) is 37.0. The highest BCUT2D eigenvalue weighted by Gasteiger charge is 2.74. The van der Waals surface area contributed by atoms with Crippen LogP contribution in [0.3, 0.4) is 0 Å². The molecule has 45 heavy (non-hydrogen) atoms. The van der Waals surface area contributed by atoms with Gasteiger partial charge in [-0.15, -0.1) is 0 Å². The average Bonchev–Trinajstić information content (AvgIpc) is 3.52. The first-order valence-electron chi connectivity index (χ1n) is 16.9. The Morgan fingerprint density at radius 2 is 1.00 bits per heavy atom. The maximum absolute atomic E-state index is 11.8. The van der Waals surface area contributed by atoms with Crippen LogP contribution in [0, 0.1) is 22.2 Å². The van der Waals surface area contributed by atoms with Gasteiger partial charge in [-0.1, -0.05) is 150 Å². The normalized spacial score (nSPS) is 35.8. The maximum Gasteiger partial charge on any atom is 0.121 e. The molecule has 0 aromatic rings. The van der Waals surface area contributed by atoms with Crippen molar-refractivity contribution < 1.29 is 14.9 Å². The van der Waals surface area contributed by atoms with E-state index in [0.29, 0.717) is 12.3 Å². The van der Waals surface area contributed by atoms with Gasteiger partial charge < -0.3 is 14.9 Å². The van der Waals surface area contributed by atoms with E-state index in [9.17, 15) is 10.2 Å². The Kier molecular flexibility index (Phi) is 11.3. The van der Waals surface area contributed by atoms with Gasteiger partial charge in [-0.2, -0.15) is 0 Å². The van der Waals surface area contributed by atoms with Crippen LogP contribution in [0.15, 0.2) is 107 Å². The number of rotatable bonds is 10. The number of hydrogen-bond acceptors (Lipinski definition) is 3. The molecule has 1 saturated heterocycles. The second kappa shape index (κ2) is 13.7. The highest BCUT2D eigenvalue weighted by molar-refractivity contribution is 5.37. The lowest BCUT2D eigenvalue weighted by Gasteiger charge is -2.57. The van der Waals surface area contributed by atoms with E-state index in [4.69, 9.17) is 4.74 Å². The third-order valence-electron chi connectivity index (χ3n) is 10.7. The number of aliphatic hydroxyl groups is 2. The third kappa shape index (κ3) is 8.28. The maximum atomic E-state index is 11.8. The fourth-order valence-electron chi connectivity index (χ4n) is 8.41. The van der Waals surface area contributed by atoms with E-state index in [0.717, 1.165) is 24.8 Å². The zero-order chi connectivity index (χ0) is 33.9. The summed E-state index contributed by atoms with van der Waals surface area (Å²) in [6, 6.07) is 0. The van der Waals surface area contributed by atoms with Gasteiger partial charge in [0.25, 0.3) is 0 Å². The summed E-state index contributed by atoms with van der Waals surface area (Å²) in [6.07, 6.45) is 32.7. The molecule has 3 fully saturated rings. The molecule has 3 atom stereocenters. The van der Waals surface area contributed by atoms with Crippen LogP contribution in [0.25, 0.3) is 0 Å². The van der Waals surface area contributed by atoms with Crippen LogP contribution in [0.1, 0.15) is 109 Å². The van der Waals surface area contributed by atoms with Crippen LogP contribution >= 0.6 is 0 Å². The molecular weight excluding hydrogens is 552 g/mol. The van der Waals surface area contributed by atoms with Crippen molar-refractivity contribution in [3.8, 4) is 0 Å². The molecule has 2 N–H and O–H groups in total. The molecule has 1 aliphatic heterocycles. The largest absolute Gasteiger partial charge is 0.393 e. The van der Waals surface area contributed by atoms with Crippen molar-refractivity contribution in [1.29, 1.82) is 0 Å². The Balaban J connectivity index is 1.52. The Hall–Kier alpha value is -2.46. The van der Waals surface area contributed by atoms with Crippen LogP contribution in [0.2, 0.25) is 0 Å². The van der Waals surface area contributed by atoms with Gasteiger partial charge in [-0.05, 0) is 76.7 Å². The highest BCUT2D eigenvalue weighted by atomic mass is 16.6. The lowest BCUT2D eigenvalue weighted by Crippen LogP contribution is -2.58. The van der Waals surface area contributed by atoms with Gasteiger partial charge in [0.15, 0.2) is 0 Å². The Morgan fingerprint density at radius 1 is 0.578 bits per heavy atom. The van der Waals surface area contributed by atoms with Crippen molar-refractivity contribution in [3.63, 3.8) is 0 Å². The van der Waals surface area contributed by atoms with Crippen LogP contribution in [0.4, 0.5) is 0 Å². The van der Waals surface area contributed by atoms with Crippen molar-refractivity contribution in [3.05, 3.63) is 107 Å². The quantitative estimate of drug-likeness (QED) is 0.190. The van der Waals surface area contributed by atoms with E-state index in [1.165, 1.54) is 16.7 Å². The molecule has 0 unspecified atom stereocenters. The average molecular weight is 615 g/mol. The van der Waals surface area contributed by atoms with Crippen LogP contribution in [-0.4, -0.2) is 33.1 Å². The predicted octanol–water partition coefficient (Wildman–Crippen LogP) is 10.5. The lowest BCUT2D eigenvalue weighted by atomic mass is 9.51. The Labute approximate surface area is 275 Å². The molecule has 1 heterocycles. The molecule has 0 aromatic carbocycles. The zero-order valence-electron chi connectivity index (χ0n) is 30.4. The first-order chi connectivity index (χ1) is 20.7. The monoisotopic (exact) mass is 614 g/mol. The highest BCUT2D eigenvalue weighted by Crippen LogP contribution is 2.66. The summed E-state index contributed by atoms with van der Waals surface area (Å²) < 4.78 is 6.25. The van der Waals surface area contributed by atoms with Gasteiger partial charge in [-0.3, -0.25) is 0 Å².